The van der Waals surface area contributed by atoms with Gasteiger partial charge in [0.2, 0.25) is 0 Å². The minimum atomic E-state index is -0.386. The molecule has 3 rings (SSSR count). The van der Waals surface area contributed by atoms with Crippen molar-refractivity contribution in [2.24, 2.45) is 0 Å². The maximum absolute atomic E-state index is 12.0. The third-order valence-electron chi connectivity index (χ3n) is 4.40. The van der Waals surface area contributed by atoms with Crippen molar-refractivity contribution in [3.05, 3.63) is 35.9 Å². The molecule has 0 N–H and O–H groups in total. The molecule has 3 nitrogen and oxygen atoms in total. The zero-order chi connectivity index (χ0) is 12.8. The first-order valence-electron chi connectivity index (χ1n) is 6.59. The van der Waals surface area contributed by atoms with E-state index in [-0.39, 0.29) is 17.1 Å². The van der Waals surface area contributed by atoms with Crippen LogP contribution in [-0.4, -0.2) is 28.6 Å². The highest BCUT2D eigenvalue weighted by Gasteiger charge is 2.68. The van der Waals surface area contributed by atoms with E-state index in [0.717, 1.165) is 25.9 Å². The van der Waals surface area contributed by atoms with Crippen molar-refractivity contribution in [2.45, 2.75) is 44.4 Å². The van der Waals surface area contributed by atoms with Gasteiger partial charge in [-0.25, -0.2) is 4.79 Å². The molecule has 96 valence electrons. The molecule has 1 atom stereocenters. The lowest BCUT2D eigenvalue weighted by molar-refractivity contribution is -0.233. The number of ether oxygens (including phenoxy) is 1. The predicted octanol–water partition coefficient (Wildman–Crippen LogP) is 2.36. The summed E-state index contributed by atoms with van der Waals surface area (Å²) >= 11 is 0. The first-order valence-corrected chi connectivity index (χ1v) is 6.59. The van der Waals surface area contributed by atoms with Crippen molar-refractivity contribution in [2.75, 3.05) is 6.54 Å². The molecule has 18 heavy (non-hydrogen) atoms. The zero-order valence-electron chi connectivity index (χ0n) is 11.0. The van der Waals surface area contributed by atoms with Crippen LogP contribution in [0.1, 0.15) is 32.3 Å². The van der Waals surface area contributed by atoms with E-state index in [1.807, 2.05) is 32.0 Å². The quantitative estimate of drug-likeness (QED) is 0.749. The summed E-state index contributed by atoms with van der Waals surface area (Å²) < 4.78 is 5.35. The van der Waals surface area contributed by atoms with Gasteiger partial charge >= 0.3 is 5.97 Å². The van der Waals surface area contributed by atoms with E-state index >= 15 is 0 Å². The number of carbonyl (C=O) groups excluding carboxylic acids is 1. The van der Waals surface area contributed by atoms with Gasteiger partial charge in [0.15, 0.2) is 5.54 Å². The Bertz CT molecular complexity index is 469. The van der Waals surface area contributed by atoms with Gasteiger partial charge in [0.1, 0.15) is 5.60 Å². The molecule has 0 unspecified atom stereocenters. The summed E-state index contributed by atoms with van der Waals surface area (Å²) in [7, 11) is 0. The van der Waals surface area contributed by atoms with Crippen LogP contribution in [0.4, 0.5) is 0 Å². The average Bonchev–Trinajstić information content (AvgIpc) is 2.77. The van der Waals surface area contributed by atoms with E-state index in [1.165, 1.54) is 5.56 Å². The molecular formula is C15H19NO2. The molecule has 1 aromatic carbocycles. The lowest BCUT2D eigenvalue weighted by Gasteiger charge is -2.55. The Labute approximate surface area is 108 Å². The van der Waals surface area contributed by atoms with Crippen LogP contribution in [0, 0.1) is 0 Å². The maximum Gasteiger partial charge on any atom is 0.331 e. The molecule has 1 aromatic rings. The van der Waals surface area contributed by atoms with Crippen molar-refractivity contribution >= 4 is 5.97 Å². The van der Waals surface area contributed by atoms with E-state index in [2.05, 4.69) is 17.0 Å². The summed E-state index contributed by atoms with van der Waals surface area (Å²) in [6.07, 6.45) is 2.00. The van der Waals surface area contributed by atoms with Gasteiger partial charge in [0.05, 0.1) is 0 Å². The van der Waals surface area contributed by atoms with Crippen molar-refractivity contribution in [3.63, 3.8) is 0 Å². The molecule has 2 aliphatic heterocycles. The van der Waals surface area contributed by atoms with Crippen LogP contribution in [-0.2, 0) is 16.1 Å². The SMILES string of the molecule is CC1(C)OC(=O)[C@]12CCCN2Cc1ccccc1. The number of rotatable bonds is 2. The minimum Gasteiger partial charge on any atom is -0.456 e. The number of hydrogen-bond donors (Lipinski definition) is 0. The fraction of sp³-hybridized carbons (Fsp3) is 0.533. The first kappa shape index (κ1) is 11.7. The molecule has 0 bridgehead atoms. The maximum atomic E-state index is 12.0. The average molecular weight is 245 g/mol. The minimum absolute atomic E-state index is 0.0408. The number of esters is 1. The standard InChI is InChI=1S/C15H19NO2/c1-14(2)15(13(17)18-14)9-6-10-16(15)11-12-7-4-3-5-8-12/h3-5,7-8H,6,9-11H2,1-2H3/t15-/m1/s1. The molecule has 2 fully saturated rings. The molecule has 0 amide bonds. The van der Waals surface area contributed by atoms with Crippen LogP contribution < -0.4 is 0 Å². The van der Waals surface area contributed by atoms with Crippen molar-refractivity contribution in [1.29, 1.82) is 0 Å². The molecular weight excluding hydrogens is 226 g/mol. The molecule has 0 aliphatic carbocycles. The Morgan fingerprint density at radius 3 is 2.61 bits per heavy atom. The topological polar surface area (TPSA) is 29.5 Å². The highest BCUT2D eigenvalue weighted by molar-refractivity contribution is 5.89. The third kappa shape index (κ3) is 1.43. The smallest absolute Gasteiger partial charge is 0.331 e. The van der Waals surface area contributed by atoms with Crippen LogP contribution in [0.15, 0.2) is 30.3 Å². The van der Waals surface area contributed by atoms with Crippen molar-refractivity contribution < 1.29 is 9.53 Å². The first-order chi connectivity index (χ1) is 8.56. The summed E-state index contributed by atoms with van der Waals surface area (Å²) in [6.45, 7) is 5.86. The summed E-state index contributed by atoms with van der Waals surface area (Å²) in [4.78, 5) is 14.3. The zero-order valence-corrected chi connectivity index (χ0v) is 11.0. The van der Waals surface area contributed by atoms with Gasteiger partial charge in [0, 0.05) is 6.54 Å². The Hall–Kier alpha value is -1.35. The number of hydrogen-bond acceptors (Lipinski definition) is 3. The van der Waals surface area contributed by atoms with E-state index in [1.54, 1.807) is 0 Å². The number of carbonyl (C=O) groups is 1. The van der Waals surface area contributed by atoms with E-state index < -0.39 is 0 Å². The van der Waals surface area contributed by atoms with Gasteiger partial charge in [-0.2, -0.15) is 0 Å². The summed E-state index contributed by atoms with van der Waals surface area (Å²) in [6, 6.07) is 10.3. The van der Waals surface area contributed by atoms with E-state index in [0.29, 0.717) is 0 Å². The number of cyclic esters (lactones) is 1. The highest BCUT2D eigenvalue weighted by Crippen LogP contribution is 2.49. The molecule has 0 aromatic heterocycles. The lowest BCUT2D eigenvalue weighted by atomic mass is 9.74. The highest BCUT2D eigenvalue weighted by atomic mass is 16.6. The van der Waals surface area contributed by atoms with Crippen molar-refractivity contribution in [1.82, 2.24) is 4.90 Å². The van der Waals surface area contributed by atoms with Gasteiger partial charge in [-0.05, 0) is 38.8 Å². The summed E-state index contributed by atoms with van der Waals surface area (Å²) in [5.41, 5.74) is 0.521. The van der Waals surface area contributed by atoms with E-state index in [9.17, 15) is 4.79 Å². The summed E-state index contributed by atoms with van der Waals surface area (Å²) in [5.74, 6) is -0.0408. The largest absolute Gasteiger partial charge is 0.456 e. The Morgan fingerprint density at radius 1 is 1.28 bits per heavy atom. The van der Waals surface area contributed by atoms with Gasteiger partial charge in [-0.15, -0.1) is 0 Å². The fourth-order valence-corrected chi connectivity index (χ4v) is 3.41. The number of benzene rings is 1. The Balaban J connectivity index is 1.86. The lowest BCUT2D eigenvalue weighted by Crippen LogP contribution is -2.74. The van der Waals surface area contributed by atoms with Crippen molar-refractivity contribution in [3.8, 4) is 0 Å². The second kappa shape index (κ2) is 3.82. The molecule has 0 radical (unpaired) electrons. The fourth-order valence-electron chi connectivity index (χ4n) is 3.41. The molecule has 0 saturated carbocycles. The molecule has 2 saturated heterocycles. The van der Waals surface area contributed by atoms with Crippen LogP contribution in [0.2, 0.25) is 0 Å². The Kier molecular flexibility index (Phi) is 2.49. The van der Waals surface area contributed by atoms with Gasteiger partial charge in [-0.3, -0.25) is 4.90 Å². The molecule has 1 spiro atoms. The Morgan fingerprint density at radius 2 is 2.00 bits per heavy atom. The predicted molar refractivity (Wildman–Crippen MR) is 69.0 cm³/mol. The van der Waals surface area contributed by atoms with E-state index in [4.69, 9.17) is 4.74 Å². The molecule has 2 heterocycles. The monoisotopic (exact) mass is 245 g/mol. The van der Waals surface area contributed by atoms with Crippen LogP contribution in [0.5, 0.6) is 0 Å². The number of likely N-dealkylation sites (tertiary alicyclic amines) is 1. The van der Waals surface area contributed by atoms with Gasteiger partial charge < -0.3 is 4.74 Å². The van der Waals surface area contributed by atoms with Gasteiger partial charge in [-0.1, -0.05) is 30.3 Å². The molecule has 3 heteroatoms. The second-order valence-electron chi connectivity index (χ2n) is 5.77. The number of nitrogens with zero attached hydrogens (tertiary/aromatic N) is 1. The van der Waals surface area contributed by atoms with Crippen LogP contribution >= 0.6 is 0 Å². The third-order valence-corrected chi connectivity index (χ3v) is 4.40. The van der Waals surface area contributed by atoms with Crippen LogP contribution in [0.25, 0.3) is 0 Å². The van der Waals surface area contributed by atoms with Gasteiger partial charge in [0.25, 0.3) is 0 Å². The summed E-state index contributed by atoms with van der Waals surface area (Å²) in [5, 5.41) is 0. The second-order valence-corrected chi connectivity index (χ2v) is 5.77. The molecule has 2 aliphatic rings. The van der Waals surface area contributed by atoms with Crippen LogP contribution in [0.3, 0.4) is 0 Å². The normalized spacial score (nSPS) is 30.2.